The van der Waals surface area contributed by atoms with E-state index in [9.17, 15) is 23.1 Å². The van der Waals surface area contributed by atoms with E-state index < -0.39 is 33.4 Å². The van der Waals surface area contributed by atoms with Crippen molar-refractivity contribution in [1.82, 2.24) is 9.21 Å². The number of sulfonamides is 1. The summed E-state index contributed by atoms with van der Waals surface area (Å²) < 4.78 is 26.9. The Morgan fingerprint density at radius 2 is 1.74 bits per heavy atom. The van der Waals surface area contributed by atoms with Gasteiger partial charge in [0.15, 0.2) is 0 Å². The molecular weight excluding hydrogens is 559 g/mol. The third kappa shape index (κ3) is 5.99. The standard InChI is InChI=1S/C29H36Cl2N2O5S/c1-18(14-15-32(4)39(37,38)24-12-13-24)33-26(20-8-10-22(30)11-9-20)25(21-6-5-7-23(31)16-21)17-29(3,28(33)36)19(2)27(34)35/h5-11,16,18-19,24-26H,12-15,17H2,1-4H3,(H,34,35)/t18-,19+,25+,26+,29+/m0/s1. The number of nitrogens with zero attached hydrogens (tertiary/aromatic N) is 2. The Hall–Kier alpha value is -2.13. The molecule has 2 aromatic rings. The highest BCUT2D eigenvalue weighted by Crippen LogP contribution is 2.53. The van der Waals surface area contributed by atoms with Gasteiger partial charge in [-0.1, -0.05) is 54.4 Å². The van der Waals surface area contributed by atoms with Crippen molar-refractivity contribution in [2.45, 2.75) is 69.7 Å². The molecular formula is C29H36Cl2N2O5S. The molecule has 1 saturated carbocycles. The Balaban J connectivity index is 1.79. The monoisotopic (exact) mass is 594 g/mol. The van der Waals surface area contributed by atoms with E-state index in [0.717, 1.165) is 11.1 Å². The van der Waals surface area contributed by atoms with E-state index in [0.29, 0.717) is 35.7 Å². The molecule has 0 unspecified atom stereocenters. The lowest BCUT2D eigenvalue weighted by atomic mass is 9.63. The molecule has 4 rings (SSSR count). The topological polar surface area (TPSA) is 95.0 Å². The second kappa shape index (κ2) is 11.4. The number of carbonyl (C=O) groups excluding carboxylic acids is 1. The van der Waals surface area contributed by atoms with Crippen LogP contribution in [0.2, 0.25) is 10.0 Å². The van der Waals surface area contributed by atoms with Gasteiger partial charge in [-0.25, -0.2) is 12.7 Å². The molecule has 1 N–H and O–H groups in total. The Bertz CT molecular complexity index is 1330. The summed E-state index contributed by atoms with van der Waals surface area (Å²) in [7, 11) is -1.78. The van der Waals surface area contributed by atoms with Crippen LogP contribution in [0.5, 0.6) is 0 Å². The molecule has 0 radical (unpaired) electrons. The van der Waals surface area contributed by atoms with Crippen LogP contribution in [-0.4, -0.2) is 59.5 Å². The molecule has 0 aromatic heterocycles. The lowest BCUT2D eigenvalue weighted by Crippen LogP contribution is -2.58. The van der Waals surface area contributed by atoms with Gasteiger partial charge in [-0.3, -0.25) is 9.59 Å². The van der Waals surface area contributed by atoms with Crippen LogP contribution in [0.25, 0.3) is 0 Å². The second-order valence-corrected chi connectivity index (χ2v) is 14.4. The normalized spacial score (nSPS) is 25.5. The zero-order valence-corrected chi connectivity index (χ0v) is 25.0. The van der Waals surface area contributed by atoms with E-state index in [1.165, 1.54) is 4.31 Å². The van der Waals surface area contributed by atoms with Crippen LogP contribution < -0.4 is 0 Å². The van der Waals surface area contributed by atoms with Crippen LogP contribution in [-0.2, 0) is 19.6 Å². The van der Waals surface area contributed by atoms with Crippen molar-refractivity contribution in [3.05, 3.63) is 69.7 Å². The minimum Gasteiger partial charge on any atom is -0.481 e. The molecule has 1 aliphatic heterocycles. The summed E-state index contributed by atoms with van der Waals surface area (Å²) in [6, 6.07) is 14.0. The van der Waals surface area contributed by atoms with Crippen LogP contribution in [0.3, 0.4) is 0 Å². The van der Waals surface area contributed by atoms with Gasteiger partial charge in [0.2, 0.25) is 15.9 Å². The van der Waals surface area contributed by atoms with Gasteiger partial charge in [0, 0.05) is 35.6 Å². The van der Waals surface area contributed by atoms with Crippen molar-refractivity contribution in [1.29, 1.82) is 0 Å². The zero-order chi connectivity index (χ0) is 28.7. The summed E-state index contributed by atoms with van der Waals surface area (Å²) in [6.45, 7) is 5.47. The summed E-state index contributed by atoms with van der Waals surface area (Å²) in [5.41, 5.74) is 0.583. The molecule has 212 valence electrons. The maximum Gasteiger partial charge on any atom is 0.307 e. The minimum atomic E-state index is -3.36. The average Bonchev–Trinajstić information content (AvgIpc) is 3.74. The highest BCUT2D eigenvalue weighted by Gasteiger charge is 2.55. The van der Waals surface area contributed by atoms with Crippen LogP contribution in [0.15, 0.2) is 48.5 Å². The van der Waals surface area contributed by atoms with Crippen molar-refractivity contribution in [2.75, 3.05) is 13.6 Å². The molecule has 2 aromatic carbocycles. The van der Waals surface area contributed by atoms with E-state index in [1.54, 1.807) is 44.0 Å². The summed E-state index contributed by atoms with van der Waals surface area (Å²) in [5.74, 6) is -2.49. The van der Waals surface area contributed by atoms with Crippen molar-refractivity contribution in [2.24, 2.45) is 11.3 Å². The number of piperidine rings is 1. The molecule has 10 heteroatoms. The number of rotatable bonds is 10. The molecule has 5 atom stereocenters. The molecule has 39 heavy (non-hydrogen) atoms. The number of carboxylic acid groups (broad SMARTS) is 1. The summed E-state index contributed by atoms with van der Waals surface area (Å²) in [4.78, 5) is 28.4. The van der Waals surface area contributed by atoms with Crippen LogP contribution in [0.1, 0.15) is 69.5 Å². The van der Waals surface area contributed by atoms with Gasteiger partial charge >= 0.3 is 5.97 Å². The maximum atomic E-state index is 14.4. The molecule has 1 heterocycles. The van der Waals surface area contributed by atoms with Gasteiger partial charge < -0.3 is 10.0 Å². The summed E-state index contributed by atoms with van der Waals surface area (Å²) >= 11 is 12.6. The number of aliphatic carboxylic acids is 1. The van der Waals surface area contributed by atoms with Crippen molar-refractivity contribution in [3.8, 4) is 0 Å². The summed E-state index contributed by atoms with van der Waals surface area (Å²) in [5, 5.41) is 10.8. The molecule has 2 aliphatic rings. The number of likely N-dealkylation sites (tertiary alicyclic amines) is 1. The van der Waals surface area contributed by atoms with Crippen molar-refractivity contribution in [3.63, 3.8) is 0 Å². The van der Waals surface area contributed by atoms with Crippen molar-refractivity contribution >= 4 is 45.1 Å². The first-order valence-corrected chi connectivity index (χ1v) is 15.5. The number of amides is 1. The van der Waals surface area contributed by atoms with E-state index in [2.05, 4.69) is 0 Å². The first kappa shape index (κ1) is 29.8. The predicted molar refractivity (Wildman–Crippen MR) is 153 cm³/mol. The Morgan fingerprint density at radius 1 is 1.10 bits per heavy atom. The molecule has 1 amide bonds. The predicted octanol–water partition coefficient (Wildman–Crippen LogP) is 5.98. The molecule has 2 fully saturated rings. The number of halogens is 2. The van der Waals surface area contributed by atoms with Crippen LogP contribution in [0.4, 0.5) is 0 Å². The van der Waals surface area contributed by atoms with Crippen LogP contribution >= 0.6 is 23.2 Å². The first-order valence-electron chi connectivity index (χ1n) is 13.3. The van der Waals surface area contributed by atoms with Gasteiger partial charge in [-0.15, -0.1) is 0 Å². The van der Waals surface area contributed by atoms with Gasteiger partial charge in [-0.05, 0) is 74.9 Å². The lowest BCUT2D eigenvalue weighted by molar-refractivity contribution is -0.166. The third-order valence-electron chi connectivity index (χ3n) is 8.58. The van der Waals surface area contributed by atoms with Gasteiger partial charge in [0.05, 0.1) is 22.6 Å². The second-order valence-electron chi connectivity index (χ2n) is 11.3. The molecule has 1 aliphatic carbocycles. The Morgan fingerprint density at radius 3 is 2.31 bits per heavy atom. The quantitative estimate of drug-likeness (QED) is 0.365. The first-order chi connectivity index (χ1) is 18.3. The van der Waals surface area contributed by atoms with Crippen LogP contribution in [0, 0.1) is 11.3 Å². The Kier molecular flexibility index (Phi) is 8.72. The fraction of sp³-hybridized carbons (Fsp3) is 0.517. The summed E-state index contributed by atoms with van der Waals surface area (Å²) in [6.07, 6.45) is 2.07. The number of carboxylic acids is 1. The molecule has 0 spiro atoms. The fourth-order valence-corrected chi connectivity index (χ4v) is 7.65. The Labute approximate surface area is 241 Å². The smallest absolute Gasteiger partial charge is 0.307 e. The van der Waals surface area contributed by atoms with E-state index >= 15 is 0 Å². The highest BCUT2D eigenvalue weighted by molar-refractivity contribution is 7.90. The number of hydrogen-bond donors (Lipinski definition) is 1. The van der Waals surface area contributed by atoms with Gasteiger partial charge in [-0.2, -0.15) is 0 Å². The van der Waals surface area contributed by atoms with E-state index in [1.807, 2.05) is 37.3 Å². The number of hydrogen-bond acceptors (Lipinski definition) is 4. The van der Waals surface area contributed by atoms with Crippen molar-refractivity contribution < 1.29 is 23.1 Å². The van der Waals surface area contributed by atoms with E-state index in [4.69, 9.17) is 23.2 Å². The number of carbonyl (C=O) groups is 2. The third-order valence-corrected chi connectivity index (χ3v) is 11.4. The minimum absolute atomic E-state index is 0.254. The largest absolute Gasteiger partial charge is 0.481 e. The van der Waals surface area contributed by atoms with Gasteiger partial charge in [0.25, 0.3) is 0 Å². The maximum absolute atomic E-state index is 14.4. The molecule has 7 nitrogen and oxygen atoms in total. The lowest BCUT2D eigenvalue weighted by Gasteiger charge is -2.52. The SMILES string of the molecule is C[C@H](C(=O)O)[C@@]1(C)C[C@H](c2cccc(Cl)c2)[C@@H](c2ccc(Cl)cc2)N([C@@H](C)CCN(C)S(=O)(=O)C2CC2)C1=O. The molecule has 0 bridgehead atoms. The number of benzene rings is 2. The fourth-order valence-electron chi connectivity index (χ4n) is 5.73. The average molecular weight is 596 g/mol. The van der Waals surface area contributed by atoms with E-state index in [-0.39, 0.29) is 29.7 Å². The zero-order valence-electron chi connectivity index (χ0n) is 22.7. The molecule has 1 saturated heterocycles. The highest BCUT2D eigenvalue weighted by atomic mass is 35.5. The van der Waals surface area contributed by atoms with Gasteiger partial charge in [0.1, 0.15) is 0 Å².